The van der Waals surface area contributed by atoms with Crippen LogP contribution in [0.15, 0.2) is 54.6 Å². The summed E-state index contributed by atoms with van der Waals surface area (Å²) in [4.78, 5) is 12.2. The Balaban J connectivity index is 2.06. The molecule has 0 bridgehead atoms. The van der Waals surface area contributed by atoms with Crippen LogP contribution in [0.3, 0.4) is 0 Å². The average Bonchev–Trinajstić information content (AvgIpc) is 2.54. The lowest BCUT2D eigenvalue weighted by Crippen LogP contribution is -2.38. The van der Waals surface area contributed by atoms with Gasteiger partial charge in [-0.2, -0.15) is 0 Å². The molecule has 0 radical (unpaired) electrons. The molecule has 0 fully saturated rings. The smallest absolute Gasteiger partial charge is 0.193 e. The molecule has 5 heteroatoms. The molecule has 116 valence electrons. The minimum atomic E-state index is -1.99. The van der Waals surface area contributed by atoms with Gasteiger partial charge in [0.25, 0.3) is 0 Å². The summed E-state index contributed by atoms with van der Waals surface area (Å²) in [6, 6.07) is 15.5. The second-order valence-electron chi connectivity index (χ2n) is 5.07. The van der Waals surface area contributed by atoms with E-state index in [0.717, 1.165) is 0 Å². The highest BCUT2D eigenvalue weighted by molar-refractivity contribution is 6.08. The van der Waals surface area contributed by atoms with Crippen molar-refractivity contribution in [1.82, 2.24) is 0 Å². The maximum absolute atomic E-state index is 12.2. The largest absolute Gasteiger partial charge is 0.390 e. The fourth-order valence-electron chi connectivity index (χ4n) is 2.11. The van der Waals surface area contributed by atoms with Crippen LogP contribution in [0.4, 0.5) is 0 Å². The molecule has 22 heavy (non-hydrogen) atoms. The van der Waals surface area contributed by atoms with E-state index in [1.807, 2.05) is 6.07 Å². The Morgan fingerprint density at radius 2 is 1.36 bits per heavy atom. The van der Waals surface area contributed by atoms with Crippen molar-refractivity contribution in [1.29, 1.82) is 0 Å². The van der Waals surface area contributed by atoms with E-state index in [1.54, 1.807) is 48.5 Å². The summed E-state index contributed by atoms with van der Waals surface area (Å²) in [6.07, 6.45) is -4.87. The normalized spacial score (nSPS) is 13.9. The molecule has 0 saturated heterocycles. The molecule has 2 aromatic rings. The molecule has 0 heterocycles. The van der Waals surface area contributed by atoms with Gasteiger partial charge in [0.2, 0.25) is 0 Å². The van der Waals surface area contributed by atoms with Gasteiger partial charge < -0.3 is 20.4 Å². The molecule has 2 aromatic carbocycles. The maximum Gasteiger partial charge on any atom is 0.193 e. The molecule has 2 unspecified atom stereocenters. The highest BCUT2D eigenvalue weighted by Crippen LogP contribution is 2.13. The van der Waals surface area contributed by atoms with Crippen molar-refractivity contribution in [2.75, 3.05) is 0 Å². The highest BCUT2D eigenvalue weighted by atomic mass is 16.5. The first-order valence-electron chi connectivity index (χ1n) is 6.90. The molecule has 2 rings (SSSR count). The van der Waals surface area contributed by atoms with E-state index in [2.05, 4.69) is 0 Å². The SMILES string of the molecule is O=C(c1ccccc1)c1ccc(CC(O)C(O)C(O)O)cc1. The van der Waals surface area contributed by atoms with E-state index in [1.165, 1.54) is 0 Å². The molecule has 0 aromatic heterocycles. The molecular weight excluding hydrogens is 284 g/mol. The average molecular weight is 302 g/mol. The van der Waals surface area contributed by atoms with E-state index in [-0.39, 0.29) is 12.2 Å². The molecule has 0 saturated carbocycles. The number of ketones is 1. The van der Waals surface area contributed by atoms with Crippen molar-refractivity contribution in [3.8, 4) is 0 Å². The first-order chi connectivity index (χ1) is 10.5. The lowest BCUT2D eigenvalue weighted by atomic mass is 9.99. The minimum absolute atomic E-state index is 0.0542. The van der Waals surface area contributed by atoms with E-state index in [4.69, 9.17) is 10.2 Å². The monoisotopic (exact) mass is 302 g/mol. The zero-order chi connectivity index (χ0) is 16.1. The van der Waals surface area contributed by atoms with Gasteiger partial charge in [-0.3, -0.25) is 4.79 Å². The predicted octanol–water partition coefficient (Wildman–Crippen LogP) is 0.493. The van der Waals surface area contributed by atoms with E-state index >= 15 is 0 Å². The molecule has 4 N–H and O–H groups in total. The lowest BCUT2D eigenvalue weighted by molar-refractivity contribution is -0.156. The third-order valence-electron chi connectivity index (χ3n) is 3.40. The Bertz CT molecular complexity index is 607. The molecule has 0 spiro atoms. The summed E-state index contributed by atoms with van der Waals surface area (Å²) >= 11 is 0. The summed E-state index contributed by atoms with van der Waals surface area (Å²) in [5.74, 6) is -0.0986. The summed E-state index contributed by atoms with van der Waals surface area (Å²) in [5, 5.41) is 36.6. The third kappa shape index (κ3) is 3.99. The number of hydrogen-bond donors (Lipinski definition) is 4. The number of hydrogen-bond acceptors (Lipinski definition) is 5. The van der Waals surface area contributed by atoms with Crippen LogP contribution < -0.4 is 0 Å². The fraction of sp³-hybridized carbons (Fsp3) is 0.235. The second-order valence-corrected chi connectivity index (χ2v) is 5.07. The van der Waals surface area contributed by atoms with E-state index in [0.29, 0.717) is 16.7 Å². The number of aliphatic hydroxyl groups excluding tert-OH is 3. The Kier molecular flexibility index (Phi) is 5.41. The number of carbonyl (C=O) groups is 1. The van der Waals surface area contributed by atoms with Crippen LogP contribution in [0.1, 0.15) is 21.5 Å². The number of carbonyl (C=O) groups excluding carboxylic acids is 1. The van der Waals surface area contributed by atoms with Gasteiger partial charge in [-0.1, -0.05) is 54.6 Å². The zero-order valence-corrected chi connectivity index (χ0v) is 11.8. The van der Waals surface area contributed by atoms with Crippen molar-refractivity contribution < 1.29 is 25.2 Å². The molecular formula is C17H18O5. The summed E-state index contributed by atoms with van der Waals surface area (Å²) in [7, 11) is 0. The van der Waals surface area contributed by atoms with Crippen LogP contribution >= 0.6 is 0 Å². The van der Waals surface area contributed by atoms with Crippen LogP contribution in [0.5, 0.6) is 0 Å². The Morgan fingerprint density at radius 1 is 0.818 bits per heavy atom. The van der Waals surface area contributed by atoms with E-state index in [9.17, 15) is 15.0 Å². The highest BCUT2D eigenvalue weighted by Gasteiger charge is 2.22. The van der Waals surface area contributed by atoms with Gasteiger partial charge in [0.05, 0.1) is 6.10 Å². The lowest BCUT2D eigenvalue weighted by Gasteiger charge is -2.19. The van der Waals surface area contributed by atoms with Crippen LogP contribution in [0.25, 0.3) is 0 Å². The first kappa shape index (κ1) is 16.3. The second kappa shape index (κ2) is 7.29. The molecule has 0 aliphatic rings. The summed E-state index contributed by atoms with van der Waals surface area (Å²) in [5.41, 5.74) is 1.79. The molecule has 0 aliphatic heterocycles. The Hall–Kier alpha value is -2.05. The van der Waals surface area contributed by atoms with Crippen molar-refractivity contribution >= 4 is 5.78 Å². The van der Waals surface area contributed by atoms with Gasteiger partial charge in [0.1, 0.15) is 6.10 Å². The van der Waals surface area contributed by atoms with Crippen LogP contribution in [0, 0.1) is 0 Å². The Labute approximate surface area is 128 Å². The van der Waals surface area contributed by atoms with Gasteiger partial charge >= 0.3 is 0 Å². The van der Waals surface area contributed by atoms with Crippen molar-refractivity contribution in [3.63, 3.8) is 0 Å². The topological polar surface area (TPSA) is 98.0 Å². The van der Waals surface area contributed by atoms with E-state index < -0.39 is 18.5 Å². The van der Waals surface area contributed by atoms with Crippen LogP contribution in [-0.4, -0.2) is 44.7 Å². The third-order valence-corrected chi connectivity index (χ3v) is 3.40. The fourth-order valence-corrected chi connectivity index (χ4v) is 2.11. The molecule has 0 amide bonds. The minimum Gasteiger partial charge on any atom is -0.390 e. The van der Waals surface area contributed by atoms with Gasteiger partial charge in [-0.05, 0) is 5.56 Å². The van der Waals surface area contributed by atoms with Crippen molar-refractivity contribution in [3.05, 3.63) is 71.3 Å². The zero-order valence-electron chi connectivity index (χ0n) is 11.8. The van der Waals surface area contributed by atoms with Crippen molar-refractivity contribution in [2.45, 2.75) is 24.9 Å². The molecule has 5 nitrogen and oxygen atoms in total. The van der Waals surface area contributed by atoms with Gasteiger partial charge in [-0.25, -0.2) is 0 Å². The number of aliphatic hydroxyl groups is 4. The first-order valence-corrected chi connectivity index (χ1v) is 6.90. The van der Waals surface area contributed by atoms with Crippen LogP contribution in [-0.2, 0) is 6.42 Å². The van der Waals surface area contributed by atoms with Gasteiger partial charge in [0, 0.05) is 17.5 Å². The number of benzene rings is 2. The van der Waals surface area contributed by atoms with Gasteiger partial charge in [0.15, 0.2) is 12.1 Å². The summed E-state index contributed by atoms with van der Waals surface area (Å²) < 4.78 is 0. The molecule has 0 aliphatic carbocycles. The summed E-state index contributed by atoms with van der Waals surface area (Å²) in [6.45, 7) is 0. The molecule has 2 atom stereocenters. The van der Waals surface area contributed by atoms with Gasteiger partial charge in [-0.15, -0.1) is 0 Å². The van der Waals surface area contributed by atoms with Crippen LogP contribution in [0.2, 0.25) is 0 Å². The maximum atomic E-state index is 12.2. The quantitative estimate of drug-likeness (QED) is 0.460. The Morgan fingerprint density at radius 3 is 1.91 bits per heavy atom. The standard InChI is InChI=1S/C17H18O5/c18-14(16(20)17(21)22)10-11-6-8-13(9-7-11)15(19)12-4-2-1-3-5-12/h1-9,14,16-18,20-22H,10H2. The van der Waals surface area contributed by atoms with Crippen molar-refractivity contribution in [2.24, 2.45) is 0 Å². The number of rotatable bonds is 6. The predicted molar refractivity (Wildman–Crippen MR) is 80.3 cm³/mol.